The van der Waals surface area contributed by atoms with Crippen molar-refractivity contribution in [3.05, 3.63) is 29.7 Å². The molecular weight excluding hydrogens is 279 g/mol. The third-order valence-electron chi connectivity index (χ3n) is 2.19. The minimum atomic E-state index is -4.66. The lowest BCUT2D eigenvalue weighted by atomic mass is 10.2. The van der Waals surface area contributed by atoms with Crippen LogP contribution in [0.3, 0.4) is 0 Å². The minimum absolute atomic E-state index is 0.0385. The van der Waals surface area contributed by atoms with Crippen LogP contribution in [-0.2, 0) is 6.18 Å². The van der Waals surface area contributed by atoms with Crippen molar-refractivity contribution >= 4 is 11.9 Å². The van der Waals surface area contributed by atoms with Gasteiger partial charge in [0.05, 0.1) is 7.11 Å². The van der Waals surface area contributed by atoms with Crippen molar-refractivity contribution < 1.29 is 22.7 Å². The molecule has 0 unspecified atom stereocenters. The highest BCUT2D eigenvalue weighted by Crippen LogP contribution is 2.26. The number of nitrogens with zero attached hydrogens (tertiary/aromatic N) is 3. The van der Waals surface area contributed by atoms with Crippen LogP contribution in [0.5, 0.6) is 5.88 Å². The molecule has 2 rings (SSSR count). The van der Waals surface area contributed by atoms with E-state index in [9.17, 15) is 18.0 Å². The Morgan fingerprint density at radius 1 is 1.45 bits per heavy atom. The van der Waals surface area contributed by atoms with Gasteiger partial charge in [-0.1, -0.05) is 0 Å². The number of H-pyrrole nitrogens is 1. The average Bonchev–Trinajstić information content (AvgIpc) is 2.87. The fourth-order valence-electron chi connectivity index (χ4n) is 1.34. The van der Waals surface area contributed by atoms with Crippen molar-refractivity contribution in [1.82, 2.24) is 20.2 Å². The van der Waals surface area contributed by atoms with Crippen LogP contribution < -0.4 is 10.1 Å². The number of rotatable bonds is 3. The Morgan fingerprint density at radius 3 is 2.80 bits per heavy atom. The summed E-state index contributed by atoms with van der Waals surface area (Å²) in [4.78, 5) is 18.8. The summed E-state index contributed by atoms with van der Waals surface area (Å²) in [6, 6.07) is 2.88. The van der Waals surface area contributed by atoms with Gasteiger partial charge in [-0.05, 0) is 12.1 Å². The summed E-state index contributed by atoms with van der Waals surface area (Å²) in [5, 5.41) is 7.05. The van der Waals surface area contributed by atoms with Gasteiger partial charge < -0.3 is 4.74 Å². The molecule has 0 aliphatic carbocycles. The van der Waals surface area contributed by atoms with Crippen molar-refractivity contribution in [1.29, 1.82) is 0 Å². The molecule has 0 radical (unpaired) electrons. The summed E-state index contributed by atoms with van der Waals surface area (Å²) in [5.74, 6) is -2.49. The zero-order chi connectivity index (χ0) is 14.8. The lowest BCUT2D eigenvalue weighted by molar-refractivity contribution is -0.144. The molecule has 1 amide bonds. The van der Waals surface area contributed by atoms with E-state index in [1.807, 2.05) is 0 Å². The molecule has 0 aromatic carbocycles. The standard InChI is InChI=1S/C10H8F3N5O2/c1-20-7-5(3-2-4-14-7)6(19)15-9-16-8(17-18-9)10(11,12)13/h2-4H,1H3,(H2,15,16,17,18,19). The van der Waals surface area contributed by atoms with E-state index in [1.54, 1.807) is 5.10 Å². The van der Waals surface area contributed by atoms with Crippen molar-refractivity contribution in [3.8, 4) is 5.88 Å². The number of methoxy groups -OCH3 is 1. The van der Waals surface area contributed by atoms with Crippen molar-refractivity contribution in [2.24, 2.45) is 0 Å². The van der Waals surface area contributed by atoms with Gasteiger partial charge in [-0.15, -0.1) is 5.10 Å². The number of amides is 1. The average molecular weight is 287 g/mol. The predicted molar refractivity (Wildman–Crippen MR) is 60.1 cm³/mol. The minimum Gasteiger partial charge on any atom is -0.480 e. The van der Waals surface area contributed by atoms with E-state index >= 15 is 0 Å². The van der Waals surface area contributed by atoms with Crippen LogP contribution >= 0.6 is 0 Å². The number of anilines is 1. The third kappa shape index (κ3) is 2.84. The second kappa shape index (κ2) is 5.15. The second-order valence-corrected chi connectivity index (χ2v) is 3.52. The number of alkyl halides is 3. The van der Waals surface area contributed by atoms with Crippen molar-refractivity contribution in [3.63, 3.8) is 0 Å². The summed E-state index contributed by atoms with van der Waals surface area (Å²) in [6.07, 6.45) is -3.26. The monoisotopic (exact) mass is 287 g/mol. The Labute approximate surface area is 110 Å². The number of nitrogens with one attached hydrogen (secondary N) is 2. The quantitative estimate of drug-likeness (QED) is 0.892. The Bertz CT molecular complexity index is 625. The first-order valence-electron chi connectivity index (χ1n) is 5.22. The van der Waals surface area contributed by atoms with Gasteiger partial charge in [-0.3, -0.25) is 15.2 Å². The first-order chi connectivity index (χ1) is 9.41. The molecule has 0 aliphatic rings. The van der Waals surface area contributed by atoms with E-state index in [-0.39, 0.29) is 11.4 Å². The number of carbonyl (C=O) groups is 1. The molecule has 2 aromatic heterocycles. The number of hydrogen-bond donors (Lipinski definition) is 2. The number of aromatic nitrogens is 4. The lowest BCUT2D eigenvalue weighted by Crippen LogP contribution is -2.15. The van der Waals surface area contributed by atoms with Crippen molar-refractivity contribution in [2.75, 3.05) is 12.4 Å². The van der Waals surface area contributed by atoms with Crippen LogP contribution in [0.15, 0.2) is 18.3 Å². The molecule has 0 bridgehead atoms. The number of hydrogen-bond acceptors (Lipinski definition) is 5. The fourth-order valence-corrected chi connectivity index (χ4v) is 1.34. The van der Waals surface area contributed by atoms with E-state index in [2.05, 4.69) is 20.4 Å². The number of aromatic amines is 1. The molecular formula is C10H8F3N5O2. The molecule has 0 fully saturated rings. The Morgan fingerprint density at radius 2 is 2.20 bits per heavy atom. The molecule has 0 spiro atoms. The Kier molecular flexibility index (Phi) is 3.55. The Hall–Kier alpha value is -2.65. The molecule has 7 nitrogen and oxygen atoms in total. The largest absolute Gasteiger partial charge is 0.480 e. The zero-order valence-electron chi connectivity index (χ0n) is 10.0. The van der Waals surface area contributed by atoms with Gasteiger partial charge in [-0.25, -0.2) is 4.98 Å². The van der Waals surface area contributed by atoms with E-state index in [0.29, 0.717) is 0 Å². The highest BCUT2D eigenvalue weighted by atomic mass is 19.4. The molecule has 10 heteroatoms. The molecule has 2 aromatic rings. The third-order valence-corrected chi connectivity index (χ3v) is 2.19. The van der Waals surface area contributed by atoms with Crippen LogP contribution in [-0.4, -0.2) is 33.2 Å². The van der Waals surface area contributed by atoms with Gasteiger partial charge in [0.25, 0.3) is 5.91 Å². The SMILES string of the molecule is COc1ncccc1C(=O)Nc1n[nH]c(C(F)(F)F)n1. The van der Waals surface area contributed by atoms with Crippen LogP contribution in [0.25, 0.3) is 0 Å². The van der Waals surface area contributed by atoms with Crippen LogP contribution in [0.4, 0.5) is 19.1 Å². The summed E-state index contributed by atoms with van der Waals surface area (Å²) < 4.78 is 41.8. The highest BCUT2D eigenvalue weighted by Gasteiger charge is 2.35. The number of ether oxygens (including phenoxy) is 1. The summed E-state index contributed by atoms with van der Waals surface area (Å²) >= 11 is 0. The topological polar surface area (TPSA) is 92.8 Å². The molecule has 0 saturated heterocycles. The van der Waals surface area contributed by atoms with E-state index in [1.165, 1.54) is 25.4 Å². The summed E-state index contributed by atoms with van der Waals surface area (Å²) in [5.41, 5.74) is 0.0494. The highest BCUT2D eigenvalue weighted by molar-refractivity contribution is 6.04. The number of pyridine rings is 1. The molecule has 106 valence electrons. The molecule has 0 saturated carbocycles. The van der Waals surface area contributed by atoms with Gasteiger partial charge >= 0.3 is 6.18 Å². The van der Waals surface area contributed by atoms with Gasteiger partial charge in [0, 0.05) is 6.20 Å². The van der Waals surface area contributed by atoms with Gasteiger partial charge in [-0.2, -0.15) is 18.2 Å². The maximum Gasteiger partial charge on any atom is 0.451 e. The van der Waals surface area contributed by atoms with Gasteiger partial charge in [0.2, 0.25) is 17.7 Å². The number of halogens is 3. The van der Waals surface area contributed by atoms with Crippen LogP contribution in [0.1, 0.15) is 16.2 Å². The Balaban J connectivity index is 2.18. The molecule has 0 atom stereocenters. The molecule has 20 heavy (non-hydrogen) atoms. The normalized spacial score (nSPS) is 11.2. The fraction of sp³-hybridized carbons (Fsp3) is 0.200. The van der Waals surface area contributed by atoms with Crippen LogP contribution in [0, 0.1) is 0 Å². The smallest absolute Gasteiger partial charge is 0.451 e. The maximum absolute atomic E-state index is 12.3. The molecule has 2 N–H and O–H groups in total. The predicted octanol–water partition coefficient (Wildman–Crippen LogP) is 1.48. The lowest BCUT2D eigenvalue weighted by Gasteiger charge is -2.05. The van der Waals surface area contributed by atoms with E-state index < -0.39 is 23.9 Å². The van der Waals surface area contributed by atoms with E-state index in [0.717, 1.165) is 0 Å². The van der Waals surface area contributed by atoms with Crippen molar-refractivity contribution in [2.45, 2.75) is 6.18 Å². The first kappa shape index (κ1) is 13.8. The van der Waals surface area contributed by atoms with Gasteiger partial charge in [0.1, 0.15) is 5.56 Å². The van der Waals surface area contributed by atoms with E-state index in [4.69, 9.17) is 4.74 Å². The second-order valence-electron chi connectivity index (χ2n) is 3.52. The maximum atomic E-state index is 12.3. The molecule has 0 aliphatic heterocycles. The summed E-state index contributed by atoms with van der Waals surface area (Å²) in [6.45, 7) is 0. The number of carbonyl (C=O) groups excluding carboxylic acids is 1. The summed E-state index contributed by atoms with van der Waals surface area (Å²) in [7, 11) is 1.31. The first-order valence-corrected chi connectivity index (χ1v) is 5.22. The van der Waals surface area contributed by atoms with Gasteiger partial charge in [0.15, 0.2) is 0 Å². The zero-order valence-corrected chi connectivity index (χ0v) is 10.0. The van der Waals surface area contributed by atoms with Crippen LogP contribution in [0.2, 0.25) is 0 Å². The molecule has 2 heterocycles.